The molecular formula is C20H24ClNO3. The van der Waals surface area contributed by atoms with Gasteiger partial charge in [0.1, 0.15) is 5.75 Å². The fourth-order valence-electron chi connectivity index (χ4n) is 3.62. The predicted molar refractivity (Wildman–Crippen MR) is 98.4 cm³/mol. The minimum atomic E-state index is -0.104. The van der Waals surface area contributed by atoms with E-state index < -0.39 is 0 Å². The van der Waals surface area contributed by atoms with Gasteiger partial charge in [0.2, 0.25) is 5.88 Å². The summed E-state index contributed by atoms with van der Waals surface area (Å²) in [6.07, 6.45) is 6.30. The first kappa shape index (κ1) is 18.0. The number of halogens is 1. The molecule has 2 aromatic rings. The maximum Gasteiger partial charge on any atom is 0.213 e. The summed E-state index contributed by atoms with van der Waals surface area (Å²) in [6.45, 7) is 0.490. The fraction of sp³-hybridized carbons (Fsp3) is 0.450. The molecule has 1 fully saturated rings. The van der Waals surface area contributed by atoms with Gasteiger partial charge >= 0.3 is 0 Å². The average molecular weight is 362 g/mol. The second-order valence-corrected chi connectivity index (χ2v) is 6.88. The zero-order chi connectivity index (χ0) is 17.6. The Labute approximate surface area is 153 Å². The lowest BCUT2D eigenvalue weighted by Crippen LogP contribution is -2.24. The Morgan fingerprint density at radius 1 is 1.24 bits per heavy atom. The molecule has 1 aromatic carbocycles. The molecule has 3 rings (SSSR count). The molecule has 1 aromatic heterocycles. The van der Waals surface area contributed by atoms with Crippen LogP contribution in [0.5, 0.6) is 11.6 Å². The SMILES string of the molecule is COc1cc(CO)c(OCC2CCCCC2c2ccccc2Cl)cn1. The highest BCUT2D eigenvalue weighted by Gasteiger charge is 2.28. The van der Waals surface area contributed by atoms with Crippen molar-refractivity contribution >= 4 is 11.6 Å². The van der Waals surface area contributed by atoms with Crippen LogP contribution < -0.4 is 9.47 Å². The monoisotopic (exact) mass is 361 g/mol. The first-order chi connectivity index (χ1) is 12.2. The van der Waals surface area contributed by atoms with Gasteiger partial charge in [0.15, 0.2) is 0 Å². The van der Waals surface area contributed by atoms with Crippen molar-refractivity contribution < 1.29 is 14.6 Å². The molecule has 134 valence electrons. The highest BCUT2D eigenvalue weighted by atomic mass is 35.5. The number of hydrogen-bond donors (Lipinski definition) is 1. The molecule has 25 heavy (non-hydrogen) atoms. The third-order valence-electron chi connectivity index (χ3n) is 4.97. The molecule has 0 amide bonds. The van der Waals surface area contributed by atoms with E-state index >= 15 is 0 Å². The number of ether oxygens (including phenoxy) is 2. The summed E-state index contributed by atoms with van der Waals surface area (Å²) in [6, 6.07) is 9.81. The van der Waals surface area contributed by atoms with Crippen molar-refractivity contribution in [2.75, 3.05) is 13.7 Å². The summed E-state index contributed by atoms with van der Waals surface area (Å²) >= 11 is 6.42. The molecular weight excluding hydrogens is 338 g/mol. The lowest BCUT2D eigenvalue weighted by Gasteiger charge is -2.32. The molecule has 2 unspecified atom stereocenters. The van der Waals surface area contributed by atoms with Gasteiger partial charge in [-0.1, -0.05) is 42.6 Å². The number of aliphatic hydroxyl groups is 1. The summed E-state index contributed by atoms with van der Waals surface area (Å²) in [4.78, 5) is 4.18. The van der Waals surface area contributed by atoms with E-state index in [1.807, 2.05) is 18.2 Å². The van der Waals surface area contributed by atoms with Crippen LogP contribution in [-0.4, -0.2) is 23.8 Å². The van der Waals surface area contributed by atoms with Gasteiger partial charge in [-0.15, -0.1) is 0 Å². The second kappa shape index (κ2) is 8.54. The Hall–Kier alpha value is -1.78. The van der Waals surface area contributed by atoms with Crippen molar-refractivity contribution in [1.29, 1.82) is 0 Å². The van der Waals surface area contributed by atoms with Crippen LogP contribution >= 0.6 is 11.6 Å². The Morgan fingerprint density at radius 2 is 2.04 bits per heavy atom. The van der Waals surface area contributed by atoms with Gasteiger partial charge in [-0.25, -0.2) is 4.98 Å². The van der Waals surface area contributed by atoms with E-state index in [9.17, 15) is 5.11 Å². The van der Waals surface area contributed by atoms with Gasteiger partial charge in [-0.3, -0.25) is 0 Å². The molecule has 0 bridgehead atoms. The van der Waals surface area contributed by atoms with Crippen LogP contribution in [0.15, 0.2) is 36.5 Å². The lowest BCUT2D eigenvalue weighted by atomic mass is 9.76. The van der Waals surface area contributed by atoms with Crippen molar-refractivity contribution in [1.82, 2.24) is 4.98 Å². The predicted octanol–water partition coefficient (Wildman–Crippen LogP) is 4.59. The molecule has 0 aliphatic heterocycles. The minimum absolute atomic E-state index is 0.104. The zero-order valence-electron chi connectivity index (χ0n) is 14.5. The topological polar surface area (TPSA) is 51.6 Å². The lowest BCUT2D eigenvalue weighted by molar-refractivity contribution is 0.180. The number of nitrogens with zero attached hydrogens (tertiary/aromatic N) is 1. The number of methoxy groups -OCH3 is 1. The Morgan fingerprint density at radius 3 is 2.80 bits per heavy atom. The third kappa shape index (κ3) is 4.25. The van der Waals surface area contributed by atoms with E-state index in [1.165, 1.54) is 18.4 Å². The molecule has 0 saturated heterocycles. The maximum atomic E-state index is 9.56. The smallest absolute Gasteiger partial charge is 0.213 e. The van der Waals surface area contributed by atoms with Crippen molar-refractivity contribution in [3.05, 3.63) is 52.7 Å². The summed E-state index contributed by atoms with van der Waals surface area (Å²) in [5, 5.41) is 10.4. The summed E-state index contributed by atoms with van der Waals surface area (Å²) < 4.78 is 11.1. The van der Waals surface area contributed by atoms with Crippen LogP contribution in [0.3, 0.4) is 0 Å². The molecule has 1 N–H and O–H groups in total. The molecule has 1 saturated carbocycles. The quantitative estimate of drug-likeness (QED) is 0.817. The van der Waals surface area contributed by atoms with E-state index in [1.54, 1.807) is 19.4 Å². The highest BCUT2D eigenvalue weighted by Crippen LogP contribution is 2.40. The minimum Gasteiger partial charge on any atom is -0.491 e. The zero-order valence-corrected chi connectivity index (χ0v) is 15.2. The van der Waals surface area contributed by atoms with E-state index in [0.717, 1.165) is 17.9 Å². The molecule has 1 heterocycles. The number of rotatable bonds is 6. The number of hydrogen-bond acceptors (Lipinski definition) is 4. The summed E-state index contributed by atoms with van der Waals surface area (Å²) in [7, 11) is 1.56. The largest absolute Gasteiger partial charge is 0.491 e. The number of pyridine rings is 1. The van der Waals surface area contributed by atoms with Gasteiger partial charge < -0.3 is 14.6 Å². The van der Waals surface area contributed by atoms with Gasteiger partial charge in [-0.2, -0.15) is 0 Å². The van der Waals surface area contributed by atoms with Gasteiger partial charge in [0.25, 0.3) is 0 Å². The molecule has 4 nitrogen and oxygen atoms in total. The van der Waals surface area contributed by atoms with Crippen LogP contribution in [0.4, 0.5) is 0 Å². The Bertz CT molecular complexity index is 707. The van der Waals surface area contributed by atoms with Crippen LogP contribution in [0.2, 0.25) is 5.02 Å². The standard InChI is InChI=1S/C20H24ClNO3/c1-24-20-10-15(12-23)19(11-22-20)25-13-14-6-2-3-7-16(14)17-8-4-5-9-18(17)21/h4-5,8-11,14,16,23H,2-3,6-7,12-13H2,1H3. The third-order valence-corrected chi connectivity index (χ3v) is 5.31. The van der Waals surface area contributed by atoms with Gasteiger partial charge in [0, 0.05) is 16.7 Å². The van der Waals surface area contributed by atoms with Gasteiger partial charge in [0.05, 0.1) is 26.5 Å². The fourth-order valence-corrected chi connectivity index (χ4v) is 3.89. The van der Waals surface area contributed by atoms with E-state index in [4.69, 9.17) is 21.1 Å². The van der Waals surface area contributed by atoms with Crippen LogP contribution in [0.1, 0.15) is 42.7 Å². The Balaban J connectivity index is 1.74. The molecule has 0 radical (unpaired) electrons. The molecule has 1 aliphatic rings. The number of aromatic nitrogens is 1. The molecule has 1 aliphatic carbocycles. The second-order valence-electron chi connectivity index (χ2n) is 6.48. The average Bonchev–Trinajstić information content (AvgIpc) is 2.67. The number of benzene rings is 1. The van der Waals surface area contributed by atoms with Crippen LogP contribution in [0, 0.1) is 5.92 Å². The van der Waals surface area contributed by atoms with E-state index in [-0.39, 0.29) is 6.61 Å². The van der Waals surface area contributed by atoms with Crippen LogP contribution in [-0.2, 0) is 6.61 Å². The van der Waals surface area contributed by atoms with Crippen LogP contribution in [0.25, 0.3) is 0 Å². The van der Waals surface area contributed by atoms with Crippen molar-refractivity contribution in [3.63, 3.8) is 0 Å². The first-order valence-corrected chi connectivity index (χ1v) is 9.11. The summed E-state index contributed by atoms with van der Waals surface area (Å²) in [5.74, 6) is 1.91. The molecule has 0 spiro atoms. The van der Waals surface area contributed by atoms with E-state index in [0.29, 0.717) is 35.6 Å². The normalized spacial score (nSPS) is 20.3. The van der Waals surface area contributed by atoms with Crippen molar-refractivity contribution in [2.45, 2.75) is 38.2 Å². The molecule has 5 heteroatoms. The highest BCUT2D eigenvalue weighted by molar-refractivity contribution is 6.31. The Kier molecular flexibility index (Phi) is 6.16. The number of aliphatic hydroxyl groups excluding tert-OH is 1. The maximum absolute atomic E-state index is 9.56. The summed E-state index contributed by atoms with van der Waals surface area (Å²) in [5.41, 5.74) is 1.91. The van der Waals surface area contributed by atoms with Crippen molar-refractivity contribution in [3.8, 4) is 11.6 Å². The van der Waals surface area contributed by atoms with Gasteiger partial charge in [-0.05, 0) is 36.3 Å². The van der Waals surface area contributed by atoms with E-state index in [2.05, 4.69) is 11.1 Å². The van der Waals surface area contributed by atoms with Crippen molar-refractivity contribution in [2.24, 2.45) is 5.92 Å². The first-order valence-electron chi connectivity index (χ1n) is 8.74. The molecule has 2 atom stereocenters.